The highest BCUT2D eigenvalue weighted by atomic mass is 14.9. The van der Waals surface area contributed by atoms with Gasteiger partial charge in [0, 0.05) is 6.04 Å². The highest BCUT2D eigenvalue weighted by Crippen LogP contribution is 2.29. The van der Waals surface area contributed by atoms with Gasteiger partial charge in [-0.2, -0.15) is 5.26 Å². The zero-order valence-electron chi connectivity index (χ0n) is 10.2. The summed E-state index contributed by atoms with van der Waals surface area (Å²) < 4.78 is 0. The minimum atomic E-state index is 0.425. The largest absolute Gasteiger partial charge is 0.381 e. The number of hydrogen-bond donors (Lipinski definition) is 2. The van der Waals surface area contributed by atoms with Gasteiger partial charge in [-0.1, -0.05) is 12.5 Å². The maximum Gasteiger partial charge on any atom is 0.101 e. The normalized spacial score (nSPS) is 23.4. The second-order valence-electron chi connectivity index (χ2n) is 4.84. The van der Waals surface area contributed by atoms with Crippen LogP contribution in [0.1, 0.15) is 30.4 Å². The van der Waals surface area contributed by atoms with Crippen LogP contribution >= 0.6 is 0 Å². The minimum absolute atomic E-state index is 0.425. The molecular weight excluding hydrogens is 210 g/mol. The predicted octanol–water partition coefficient (Wildman–Crippen LogP) is 2.41. The van der Waals surface area contributed by atoms with Gasteiger partial charge >= 0.3 is 0 Å². The van der Waals surface area contributed by atoms with Crippen molar-refractivity contribution in [3.63, 3.8) is 0 Å². The van der Waals surface area contributed by atoms with Gasteiger partial charge in [0.2, 0.25) is 0 Å². The number of nitriles is 1. The molecule has 0 saturated heterocycles. The van der Waals surface area contributed by atoms with Crippen LogP contribution in [0.2, 0.25) is 0 Å². The third kappa shape index (κ3) is 2.59. The first-order valence-corrected chi connectivity index (χ1v) is 6.22. The lowest BCUT2D eigenvalue weighted by molar-refractivity contribution is 0.516. The van der Waals surface area contributed by atoms with Crippen molar-refractivity contribution in [2.45, 2.75) is 32.2 Å². The summed E-state index contributed by atoms with van der Waals surface area (Å²) in [6.07, 6.45) is 3.58. The molecule has 90 valence electrons. The number of rotatable bonds is 3. The zero-order valence-corrected chi connectivity index (χ0v) is 10.2. The molecule has 0 spiro atoms. The molecule has 1 saturated carbocycles. The van der Waals surface area contributed by atoms with Gasteiger partial charge in [-0.15, -0.1) is 0 Å². The average molecular weight is 229 g/mol. The highest BCUT2D eigenvalue weighted by Gasteiger charge is 2.26. The number of nitrogens with zero attached hydrogens (tertiary/aromatic N) is 1. The summed E-state index contributed by atoms with van der Waals surface area (Å²) >= 11 is 0. The van der Waals surface area contributed by atoms with Gasteiger partial charge in [-0.25, -0.2) is 0 Å². The fourth-order valence-corrected chi connectivity index (χ4v) is 2.58. The molecule has 17 heavy (non-hydrogen) atoms. The fraction of sp³-hybridized carbons (Fsp3) is 0.500. The lowest BCUT2D eigenvalue weighted by Crippen LogP contribution is -2.29. The summed E-state index contributed by atoms with van der Waals surface area (Å²) in [5.74, 6) is 0.544. The van der Waals surface area contributed by atoms with E-state index < -0.39 is 0 Å². The van der Waals surface area contributed by atoms with E-state index in [4.69, 9.17) is 11.0 Å². The summed E-state index contributed by atoms with van der Waals surface area (Å²) in [6, 6.07) is 8.56. The van der Waals surface area contributed by atoms with Gasteiger partial charge in [0.15, 0.2) is 0 Å². The Bertz CT molecular complexity index is 434. The molecule has 1 aromatic rings. The summed E-state index contributed by atoms with van der Waals surface area (Å²) in [7, 11) is 0. The van der Waals surface area contributed by atoms with Crippen LogP contribution in [0.5, 0.6) is 0 Å². The van der Waals surface area contributed by atoms with E-state index >= 15 is 0 Å². The maximum absolute atomic E-state index is 9.09. The Morgan fingerprint density at radius 2 is 2.29 bits per heavy atom. The molecular formula is C14H19N3. The zero-order chi connectivity index (χ0) is 12.3. The number of nitrogens with one attached hydrogen (secondary N) is 1. The molecule has 0 aliphatic heterocycles. The second kappa shape index (κ2) is 5.20. The molecule has 0 amide bonds. The van der Waals surface area contributed by atoms with E-state index in [1.54, 1.807) is 0 Å². The Hall–Kier alpha value is -1.53. The lowest BCUT2D eigenvalue weighted by Gasteiger charge is -2.21. The Morgan fingerprint density at radius 1 is 1.47 bits per heavy atom. The molecule has 0 aromatic heterocycles. The molecule has 3 N–H and O–H groups in total. The second-order valence-corrected chi connectivity index (χ2v) is 4.84. The van der Waals surface area contributed by atoms with E-state index in [0.29, 0.717) is 12.0 Å². The van der Waals surface area contributed by atoms with Gasteiger partial charge in [0.05, 0.1) is 11.3 Å². The molecule has 0 heterocycles. The van der Waals surface area contributed by atoms with Crippen LogP contribution in [0, 0.1) is 24.2 Å². The molecule has 0 bridgehead atoms. The van der Waals surface area contributed by atoms with E-state index in [1.807, 2.05) is 25.1 Å². The standard InChI is InChI=1S/C14H19N3/c1-10-5-6-12(9-16)14(7-10)17-13-4-2-3-11(13)8-15/h5-7,11,13,17H,2-4,8,15H2,1H3. The molecule has 1 aromatic carbocycles. The van der Waals surface area contributed by atoms with Crippen LogP contribution in [0.25, 0.3) is 0 Å². The third-order valence-electron chi connectivity index (χ3n) is 3.60. The molecule has 3 nitrogen and oxygen atoms in total. The number of anilines is 1. The van der Waals surface area contributed by atoms with Crippen molar-refractivity contribution in [2.75, 3.05) is 11.9 Å². The van der Waals surface area contributed by atoms with Crippen molar-refractivity contribution in [1.29, 1.82) is 5.26 Å². The van der Waals surface area contributed by atoms with Gasteiger partial charge in [0.25, 0.3) is 0 Å². The predicted molar refractivity (Wildman–Crippen MR) is 69.7 cm³/mol. The molecule has 1 aliphatic rings. The van der Waals surface area contributed by atoms with Crippen molar-refractivity contribution in [3.8, 4) is 6.07 Å². The first-order chi connectivity index (χ1) is 8.24. The minimum Gasteiger partial charge on any atom is -0.381 e. The summed E-state index contributed by atoms with van der Waals surface area (Å²) in [5.41, 5.74) is 8.63. The highest BCUT2D eigenvalue weighted by molar-refractivity contribution is 5.59. The molecule has 1 fully saturated rings. The topological polar surface area (TPSA) is 61.8 Å². The van der Waals surface area contributed by atoms with Crippen LogP contribution in [-0.4, -0.2) is 12.6 Å². The van der Waals surface area contributed by atoms with Gasteiger partial charge in [-0.05, 0) is 49.9 Å². The van der Waals surface area contributed by atoms with E-state index in [0.717, 1.165) is 24.2 Å². The SMILES string of the molecule is Cc1ccc(C#N)c(NC2CCCC2CN)c1. The Morgan fingerprint density at radius 3 is 3.00 bits per heavy atom. The van der Waals surface area contributed by atoms with Crippen LogP contribution < -0.4 is 11.1 Å². The van der Waals surface area contributed by atoms with E-state index in [1.165, 1.54) is 18.4 Å². The van der Waals surface area contributed by atoms with Crippen molar-refractivity contribution in [2.24, 2.45) is 11.7 Å². The molecule has 3 heteroatoms. The Labute approximate surface area is 103 Å². The Balaban J connectivity index is 2.18. The number of aryl methyl sites for hydroxylation is 1. The van der Waals surface area contributed by atoms with E-state index in [2.05, 4.69) is 11.4 Å². The Kier molecular flexibility index (Phi) is 3.65. The van der Waals surface area contributed by atoms with E-state index in [9.17, 15) is 0 Å². The first kappa shape index (κ1) is 11.9. The molecule has 1 aliphatic carbocycles. The maximum atomic E-state index is 9.09. The van der Waals surface area contributed by atoms with E-state index in [-0.39, 0.29) is 0 Å². The van der Waals surface area contributed by atoms with Crippen molar-refractivity contribution in [1.82, 2.24) is 0 Å². The smallest absolute Gasteiger partial charge is 0.101 e. The molecule has 2 unspecified atom stereocenters. The van der Waals surface area contributed by atoms with Gasteiger partial charge < -0.3 is 11.1 Å². The molecule has 2 atom stereocenters. The molecule has 0 radical (unpaired) electrons. The van der Waals surface area contributed by atoms with Crippen molar-refractivity contribution < 1.29 is 0 Å². The number of benzene rings is 1. The van der Waals surface area contributed by atoms with Gasteiger partial charge in [-0.3, -0.25) is 0 Å². The fourth-order valence-electron chi connectivity index (χ4n) is 2.58. The summed E-state index contributed by atoms with van der Waals surface area (Å²) in [5, 5.41) is 12.6. The van der Waals surface area contributed by atoms with Crippen molar-refractivity contribution in [3.05, 3.63) is 29.3 Å². The van der Waals surface area contributed by atoms with Crippen LogP contribution in [-0.2, 0) is 0 Å². The lowest BCUT2D eigenvalue weighted by atomic mass is 10.0. The number of hydrogen-bond acceptors (Lipinski definition) is 3. The quantitative estimate of drug-likeness (QED) is 0.836. The summed E-state index contributed by atoms with van der Waals surface area (Å²) in [4.78, 5) is 0. The number of nitrogens with two attached hydrogens (primary N) is 1. The third-order valence-corrected chi connectivity index (χ3v) is 3.60. The van der Waals surface area contributed by atoms with Crippen LogP contribution in [0.3, 0.4) is 0 Å². The van der Waals surface area contributed by atoms with Crippen molar-refractivity contribution >= 4 is 5.69 Å². The monoisotopic (exact) mass is 229 g/mol. The van der Waals surface area contributed by atoms with Crippen LogP contribution in [0.15, 0.2) is 18.2 Å². The average Bonchev–Trinajstić information content (AvgIpc) is 2.77. The van der Waals surface area contributed by atoms with Crippen LogP contribution in [0.4, 0.5) is 5.69 Å². The first-order valence-electron chi connectivity index (χ1n) is 6.22. The molecule has 2 rings (SSSR count). The van der Waals surface area contributed by atoms with Gasteiger partial charge in [0.1, 0.15) is 6.07 Å². The summed E-state index contributed by atoms with van der Waals surface area (Å²) in [6.45, 7) is 2.77.